The van der Waals surface area contributed by atoms with E-state index >= 15 is 0 Å². The lowest BCUT2D eigenvalue weighted by atomic mass is 10.1. The summed E-state index contributed by atoms with van der Waals surface area (Å²) in [5.41, 5.74) is 0.326. The van der Waals surface area contributed by atoms with Gasteiger partial charge in [0.2, 0.25) is 0 Å². The van der Waals surface area contributed by atoms with Crippen molar-refractivity contribution in [3.63, 3.8) is 0 Å². The summed E-state index contributed by atoms with van der Waals surface area (Å²) in [6.45, 7) is 1.14. The number of hydrogen-bond donors (Lipinski definition) is 2. The Bertz CT molecular complexity index is 1180. The molecule has 1 aromatic heterocycles. The molecule has 1 unspecified atom stereocenters. The average molecular weight is 460 g/mol. The minimum Gasteiger partial charge on any atom is -0.489 e. The van der Waals surface area contributed by atoms with Crippen molar-refractivity contribution < 1.29 is 18.7 Å². The van der Waals surface area contributed by atoms with Crippen molar-refractivity contribution in [1.82, 2.24) is 15.3 Å². The number of nitrogens with one attached hydrogen (secondary N) is 2. The smallest absolute Gasteiger partial charge is 0.287 e. The lowest BCUT2D eigenvalue weighted by molar-refractivity contribution is 0.00391. The van der Waals surface area contributed by atoms with Gasteiger partial charge in [0, 0.05) is 24.6 Å². The average Bonchev–Trinajstić information content (AvgIpc) is 2.79. The second-order valence-electron chi connectivity index (χ2n) is 7.62. The van der Waals surface area contributed by atoms with E-state index in [1.807, 2.05) is 6.07 Å². The van der Waals surface area contributed by atoms with Crippen LogP contribution < -0.4 is 15.6 Å². The maximum atomic E-state index is 14.4. The topological polar surface area (TPSA) is 93.3 Å². The quantitative estimate of drug-likeness (QED) is 0.557. The highest BCUT2D eigenvalue weighted by atomic mass is 35.5. The van der Waals surface area contributed by atoms with Crippen LogP contribution in [0.15, 0.2) is 41.2 Å². The molecule has 9 heteroatoms. The Morgan fingerprint density at radius 3 is 2.97 bits per heavy atom. The number of aromatic nitrogens is 2. The molecule has 3 aromatic rings. The van der Waals surface area contributed by atoms with Crippen LogP contribution in [-0.4, -0.2) is 35.2 Å². The zero-order valence-corrected chi connectivity index (χ0v) is 18.1. The molecule has 2 heterocycles. The summed E-state index contributed by atoms with van der Waals surface area (Å²) in [5, 5.41) is 3.21. The third-order valence-electron chi connectivity index (χ3n) is 5.30. The van der Waals surface area contributed by atoms with Crippen LogP contribution in [0.3, 0.4) is 0 Å². The maximum Gasteiger partial charge on any atom is 0.287 e. The standard InChI is InChI=1S/C23H23ClFN3O4/c24-15-5-3-4-14(12-15)13-26-23(30)21-27-18-8-7-17(25)20(19(18)22(29)28-21)32-11-9-16-6-1-2-10-31-16/h3-5,7-8,12,16H,1-2,6,9-11,13H2,(H,26,30)(H,27,28,29). The largest absolute Gasteiger partial charge is 0.489 e. The Hall–Kier alpha value is -2.97. The van der Waals surface area contributed by atoms with Crippen molar-refractivity contribution in [2.75, 3.05) is 13.2 Å². The second-order valence-corrected chi connectivity index (χ2v) is 8.06. The third-order valence-corrected chi connectivity index (χ3v) is 5.53. The van der Waals surface area contributed by atoms with E-state index in [-0.39, 0.29) is 41.7 Å². The molecule has 1 saturated heterocycles. The van der Waals surface area contributed by atoms with Crippen molar-refractivity contribution in [2.24, 2.45) is 0 Å². The Labute approximate surface area is 188 Å². The first-order valence-corrected chi connectivity index (χ1v) is 10.9. The molecule has 0 spiro atoms. The monoisotopic (exact) mass is 459 g/mol. The number of ether oxygens (including phenoxy) is 2. The van der Waals surface area contributed by atoms with E-state index in [1.165, 1.54) is 12.1 Å². The van der Waals surface area contributed by atoms with Crippen LogP contribution in [0.25, 0.3) is 10.9 Å². The summed E-state index contributed by atoms with van der Waals surface area (Å²) in [6.07, 6.45) is 3.76. The maximum absolute atomic E-state index is 14.4. The van der Waals surface area contributed by atoms with E-state index in [9.17, 15) is 14.0 Å². The second kappa shape index (κ2) is 10.1. The molecule has 1 aliphatic rings. The van der Waals surface area contributed by atoms with Gasteiger partial charge in [-0.3, -0.25) is 9.59 Å². The summed E-state index contributed by atoms with van der Waals surface area (Å²) >= 11 is 5.95. The zero-order valence-electron chi connectivity index (χ0n) is 17.3. The lowest BCUT2D eigenvalue weighted by Gasteiger charge is -2.22. The van der Waals surface area contributed by atoms with Gasteiger partial charge in [0.1, 0.15) is 5.39 Å². The molecule has 1 atom stereocenters. The van der Waals surface area contributed by atoms with E-state index < -0.39 is 17.3 Å². The number of carbonyl (C=O) groups excluding carboxylic acids is 1. The molecule has 1 aliphatic heterocycles. The number of halogens is 2. The number of fused-ring (bicyclic) bond motifs is 1. The molecular weight excluding hydrogens is 437 g/mol. The van der Waals surface area contributed by atoms with Gasteiger partial charge >= 0.3 is 0 Å². The van der Waals surface area contributed by atoms with Gasteiger partial charge in [0.05, 0.1) is 18.2 Å². The molecule has 0 aliphatic carbocycles. The molecule has 1 fully saturated rings. The number of nitrogens with zero attached hydrogens (tertiary/aromatic N) is 1. The Balaban J connectivity index is 1.49. The number of rotatable bonds is 7. The summed E-state index contributed by atoms with van der Waals surface area (Å²) in [4.78, 5) is 31.8. The van der Waals surface area contributed by atoms with Gasteiger partial charge in [-0.05, 0) is 49.1 Å². The number of amides is 1. The van der Waals surface area contributed by atoms with Gasteiger partial charge in [-0.25, -0.2) is 9.37 Å². The van der Waals surface area contributed by atoms with E-state index in [0.717, 1.165) is 31.4 Å². The molecule has 4 rings (SSSR count). The van der Waals surface area contributed by atoms with Crippen molar-refractivity contribution >= 4 is 28.4 Å². The third kappa shape index (κ3) is 5.26. The van der Waals surface area contributed by atoms with E-state index in [0.29, 0.717) is 11.4 Å². The molecule has 2 N–H and O–H groups in total. The molecular formula is C23H23ClFN3O4. The van der Waals surface area contributed by atoms with Gasteiger partial charge in [-0.2, -0.15) is 0 Å². The summed E-state index contributed by atoms with van der Waals surface area (Å²) in [5.74, 6) is -1.56. The first kappa shape index (κ1) is 22.2. The van der Waals surface area contributed by atoms with Crippen LogP contribution >= 0.6 is 11.6 Å². The molecule has 168 valence electrons. The number of hydrogen-bond acceptors (Lipinski definition) is 5. The Morgan fingerprint density at radius 2 is 2.19 bits per heavy atom. The van der Waals surface area contributed by atoms with Gasteiger partial charge in [-0.1, -0.05) is 23.7 Å². The Kier molecular flexibility index (Phi) is 7.02. The van der Waals surface area contributed by atoms with Crippen molar-refractivity contribution in [3.05, 3.63) is 69.0 Å². The number of carbonyl (C=O) groups is 1. The molecule has 0 radical (unpaired) electrons. The number of aromatic amines is 1. The Morgan fingerprint density at radius 1 is 1.31 bits per heavy atom. The summed E-state index contributed by atoms with van der Waals surface area (Å²) in [6, 6.07) is 9.57. The van der Waals surface area contributed by atoms with Gasteiger partial charge < -0.3 is 19.8 Å². The number of benzene rings is 2. The van der Waals surface area contributed by atoms with Crippen LogP contribution in [0.1, 0.15) is 41.9 Å². The molecule has 0 bridgehead atoms. The van der Waals surface area contributed by atoms with E-state index in [4.69, 9.17) is 21.1 Å². The van der Waals surface area contributed by atoms with E-state index in [1.54, 1.807) is 18.2 Å². The van der Waals surface area contributed by atoms with Crippen LogP contribution in [0.5, 0.6) is 5.75 Å². The fourth-order valence-electron chi connectivity index (χ4n) is 3.67. The predicted molar refractivity (Wildman–Crippen MR) is 119 cm³/mol. The van der Waals surface area contributed by atoms with Crippen molar-refractivity contribution in [3.8, 4) is 5.75 Å². The predicted octanol–water partition coefficient (Wildman–Crippen LogP) is 3.98. The molecule has 0 saturated carbocycles. The van der Waals surface area contributed by atoms with Gasteiger partial charge in [0.25, 0.3) is 11.5 Å². The van der Waals surface area contributed by atoms with Crippen LogP contribution in [-0.2, 0) is 11.3 Å². The van der Waals surface area contributed by atoms with Crippen LogP contribution in [0, 0.1) is 5.82 Å². The highest BCUT2D eigenvalue weighted by Gasteiger charge is 2.19. The van der Waals surface area contributed by atoms with Gasteiger partial charge in [0.15, 0.2) is 17.4 Å². The number of H-pyrrole nitrogens is 1. The minimum absolute atomic E-state index is 0.0269. The van der Waals surface area contributed by atoms with E-state index in [2.05, 4.69) is 15.3 Å². The van der Waals surface area contributed by atoms with Gasteiger partial charge in [-0.15, -0.1) is 0 Å². The zero-order chi connectivity index (χ0) is 22.5. The first-order chi connectivity index (χ1) is 15.5. The normalized spacial score (nSPS) is 16.1. The van der Waals surface area contributed by atoms with Crippen molar-refractivity contribution in [1.29, 1.82) is 0 Å². The molecule has 7 nitrogen and oxygen atoms in total. The van der Waals surface area contributed by atoms with Crippen LogP contribution in [0.4, 0.5) is 4.39 Å². The summed E-state index contributed by atoms with van der Waals surface area (Å²) in [7, 11) is 0. The minimum atomic E-state index is -0.660. The first-order valence-electron chi connectivity index (χ1n) is 10.5. The lowest BCUT2D eigenvalue weighted by Crippen LogP contribution is -2.27. The fraction of sp³-hybridized carbons (Fsp3) is 0.348. The molecule has 2 aromatic carbocycles. The van der Waals surface area contributed by atoms with Crippen molar-refractivity contribution in [2.45, 2.75) is 38.3 Å². The molecule has 1 amide bonds. The highest BCUT2D eigenvalue weighted by Crippen LogP contribution is 2.26. The highest BCUT2D eigenvalue weighted by molar-refractivity contribution is 6.30. The van der Waals surface area contributed by atoms with Crippen LogP contribution in [0.2, 0.25) is 5.02 Å². The fourth-order valence-corrected chi connectivity index (χ4v) is 3.88. The molecule has 32 heavy (non-hydrogen) atoms. The SMILES string of the molecule is O=C(NCc1cccc(Cl)c1)c1nc2ccc(F)c(OCCC3CCCCO3)c2c(=O)[nH]1. The summed E-state index contributed by atoms with van der Waals surface area (Å²) < 4.78 is 25.7.